The van der Waals surface area contributed by atoms with Crippen molar-refractivity contribution >= 4 is 11.6 Å². The van der Waals surface area contributed by atoms with Gasteiger partial charge in [-0.1, -0.05) is 17.7 Å². The second-order valence-electron chi connectivity index (χ2n) is 3.36. The maximum absolute atomic E-state index is 9.13. The molecule has 0 saturated heterocycles. The zero-order valence-electron chi connectivity index (χ0n) is 6.92. The molecular weight excluding hydrogens is 186 g/mol. The first-order valence-electron chi connectivity index (χ1n) is 4.08. The summed E-state index contributed by atoms with van der Waals surface area (Å²) < 4.78 is 0. The molecule has 0 amide bonds. The average molecular weight is 194 g/mol. The molecule has 2 rings (SSSR count). The minimum absolute atomic E-state index is 0.141. The van der Waals surface area contributed by atoms with Gasteiger partial charge in [-0.3, -0.25) is 0 Å². The summed E-state index contributed by atoms with van der Waals surface area (Å²) >= 11 is 5.92. The molecule has 0 aliphatic heterocycles. The van der Waals surface area contributed by atoms with Gasteiger partial charge in [0.1, 0.15) is 5.75 Å². The van der Waals surface area contributed by atoms with Crippen LogP contribution >= 0.6 is 11.6 Å². The highest BCUT2D eigenvalue weighted by atomic mass is 35.5. The van der Waals surface area contributed by atoms with Gasteiger partial charge in [-0.25, -0.2) is 0 Å². The van der Waals surface area contributed by atoms with Crippen molar-refractivity contribution in [1.29, 1.82) is 5.26 Å². The van der Waals surface area contributed by atoms with Gasteiger partial charge < -0.3 is 5.11 Å². The van der Waals surface area contributed by atoms with Crippen LogP contribution in [0.15, 0.2) is 18.2 Å². The average Bonchev–Trinajstić information content (AvgIpc) is 2.85. The quantitative estimate of drug-likeness (QED) is 0.745. The number of hydrogen-bond acceptors (Lipinski definition) is 2. The van der Waals surface area contributed by atoms with Gasteiger partial charge in [0.15, 0.2) is 0 Å². The molecule has 1 fully saturated rings. The third kappa shape index (κ3) is 1.26. The first-order chi connectivity index (χ1) is 6.18. The lowest BCUT2D eigenvalue weighted by Crippen LogP contribution is -2.02. The van der Waals surface area contributed by atoms with E-state index in [1.54, 1.807) is 12.1 Å². The number of aromatic hydroxyl groups is 1. The molecule has 0 heterocycles. The molecule has 1 aromatic carbocycles. The number of phenolic OH excluding ortho intramolecular Hbond substituents is 1. The fourth-order valence-electron chi connectivity index (χ4n) is 1.46. The molecule has 0 atom stereocenters. The smallest absolute Gasteiger partial charge is 0.117 e. The first-order valence-corrected chi connectivity index (χ1v) is 4.46. The molecule has 0 radical (unpaired) electrons. The maximum atomic E-state index is 9.13. The van der Waals surface area contributed by atoms with Crippen LogP contribution in [-0.4, -0.2) is 5.11 Å². The fourth-order valence-corrected chi connectivity index (χ4v) is 1.81. The molecule has 66 valence electrons. The molecule has 0 unspecified atom stereocenters. The van der Waals surface area contributed by atoms with E-state index in [2.05, 4.69) is 6.07 Å². The van der Waals surface area contributed by atoms with Crippen molar-refractivity contribution in [2.24, 2.45) is 0 Å². The summed E-state index contributed by atoms with van der Waals surface area (Å²) in [6.07, 6.45) is 1.74. The summed E-state index contributed by atoms with van der Waals surface area (Å²) in [4.78, 5) is 0. The minimum Gasteiger partial charge on any atom is -0.508 e. The van der Waals surface area contributed by atoms with Gasteiger partial charge in [0.05, 0.1) is 11.5 Å². The standard InChI is InChI=1S/C10H8ClNO/c11-9-5-7(13)1-2-8(9)10(6-12)3-4-10/h1-2,5,13H,3-4H2. The van der Waals surface area contributed by atoms with E-state index in [1.165, 1.54) is 6.07 Å². The lowest BCUT2D eigenvalue weighted by atomic mass is 9.98. The van der Waals surface area contributed by atoms with Crippen LogP contribution in [0.4, 0.5) is 0 Å². The van der Waals surface area contributed by atoms with E-state index in [0.717, 1.165) is 18.4 Å². The van der Waals surface area contributed by atoms with E-state index in [4.69, 9.17) is 22.0 Å². The number of nitriles is 1. The van der Waals surface area contributed by atoms with Crippen LogP contribution in [0.25, 0.3) is 0 Å². The Morgan fingerprint density at radius 2 is 2.15 bits per heavy atom. The Hall–Kier alpha value is -1.20. The summed E-state index contributed by atoms with van der Waals surface area (Å²) in [7, 11) is 0. The van der Waals surface area contributed by atoms with Crippen molar-refractivity contribution in [1.82, 2.24) is 0 Å². The predicted molar refractivity (Wildman–Crippen MR) is 49.6 cm³/mol. The summed E-state index contributed by atoms with van der Waals surface area (Å²) in [5.74, 6) is 0.141. The van der Waals surface area contributed by atoms with Gasteiger partial charge in [0.2, 0.25) is 0 Å². The van der Waals surface area contributed by atoms with Crippen molar-refractivity contribution in [2.75, 3.05) is 0 Å². The summed E-state index contributed by atoms with van der Waals surface area (Å²) in [5, 5.41) is 18.5. The Morgan fingerprint density at radius 1 is 1.46 bits per heavy atom. The molecule has 2 nitrogen and oxygen atoms in total. The summed E-state index contributed by atoms with van der Waals surface area (Å²) in [5.41, 5.74) is 0.472. The molecule has 13 heavy (non-hydrogen) atoms. The zero-order valence-corrected chi connectivity index (χ0v) is 7.67. The lowest BCUT2D eigenvalue weighted by molar-refractivity contribution is 0.475. The summed E-state index contributed by atoms with van der Waals surface area (Å²) in [6, 6.07) is 7.04. The lowest BCUT2D eigenvalue weighted by Gasteiger charge is -2.08. The highest BCUT2D eigenvalue weighted by Gasteiger charge is 2.46. The number of benzene rings is 1. The van der Waals surface area contributed by atoms with E-state index in [0.29, 0.717) is 5.02 Å². The molecular formula is C10H8ClNO. The normalized spacial score (nSPS) is 17.8. The van der Waals surface area contributed by atoms with Crippen molar-refractivity contribution in [3.05, 3.63) is 28.8 Å². The summed E-state index contributed by atoms with van der Waals surface area (Å²) in [6.45, 7) is 0. The van der Waals surface area contributed by atoms with Gasteiger partial charge in [0, 0.05) is 5.02 Å². The molecule has 1 N–H and O–H groups in total. The van der Waals surface area contributed by atoms with Crippen LogP contribution in [0.5, 0.6) is 5.75 Å². The highest BCUT2D eigenvalue weighted by Crippen LogP contribution is 2.50. The second-order valence-corrected chi connectivity index (χ2v) is 3.77. The van der Waals surface area contributed by atoms with E-state index in [1.807, 2.05) is 0 Å². The number of phenols is 1. The number of halogens is 1. The molecule has 0 bridgehead atoms. The van der Waals surface area contributed by atoms with E-state index in [-0.39, 0.29) is 11.2 Å². The molecule has 1 aromatic rings. The van der Waals surface area contributed by atoms with Crippen molar-refractivity contribution < 1.29 is 5.11 Å². The monoisotopic (exact) mass is 193 g/mol. The Bertz CT molecular complexity index is 390. The van der Waals surface area contributed by atoms with Crippen LogP contribution in [0.1, 0.15) is 18.4 Å². The van der Waals surface area contributed by atoms with Gasteiger partial charge in [0.25, 0.3) is 0 Å². The topological polar surface area (TPSA) is 44.0 Å². The Balaban J connectivity index is 2.48. The van der Waals surface area contributed by atoms with Crippen molar-refractivity contribution in [3.8, 4) is 11.8 Å². The van der Waals surface area contributed by atoms with Crippen molar-refractivity contribution in [3.63, 3.8) is 0 Å². The van der Waals surface area contributed by atoms with Crippen molar-refractivity contribution in [2.45, 2.75) is 18.3 Å². The largest absolute Gasteiger partial charge is 0.508 e. The highest BCUT2D eigenvalue weighted by molar-refractivity contribution is 6.31. The van der Waals surface area contributed by atoms with E-state index < -0.39 is 0 Å². The SMILES string of the molecule is N#CC1(c2ccc(O)cc2Cl)CC1. The molecule has 0 spiro atoms. The predicted octanol–water partition coefficient (Wildman–Crippen LogP) is 2.60. The van der Waals surface area contributed by atoms with E-state index in [9.17, 15) is 0 Å². The van der Waals surface area contributed by atoms with Crippen LogP contribution in [-0.2, 0) is 5.41 Å². The van der Waals surface area contributed by atoms with Gasteiger partial charge in [-0.15, -0.1) is 0 Å². The zero-order chi connectivity index (χ0) is 9.47. The van der Waals surface area contributed by atoms with Gasteiger partial charge in [-0.2, -0.15) is 5.26 Å². The third-order valence-electron chi connectivity index (χ3n) is 2.43. The van der Waals surface area contributed by atoms with Crippen LogP contribution in [0.3, 0.4) is 0 Å². The molecule has 3 heteroatoms. The Labute approximate surface area is 81.4 Å². The Kier molecular flexibility index (Phi) is 1.71. The molecule has 0 aromatic heterocycles. The number of nitrogens with zero attached hydrogens (tertiary/aromatic N) is 1. The number of rotatable bonds is 1. The van der Waals surface area contributed by atoms with Gasteiger partial charge in [-0.05, 0) is 30.5 Å². The van der Waals surface area contributed by atoms with Crippen LogP contribution in [0.2, 0.25) is 5.02 Å². The Morgan fingerprint density at radius 3 is 2.62 bits per heavy atom. The maximum Gasteiger partial charge on any atom is 0.117 e. The second kappa shape index (κ2) is 2.65. The molecule has 1 saturated carbocycles. The third-order valence-corrected chi connectivity index (χ3v) is 2.74. The first kappa shape index (κ1) is 8.40. The minimum atomic E-state index is -0.370. The van der Waals surface area contributed by atoms with Crippen LogP contribution in [0, 0.1) is 11.3 Å². The molecule has 1 aliphatic rings. The fraction of sp³-hybridized carbons (Fsp3) is 0.300. The number of hydrogen-bond donors (Lipinski definition) is 1. The van der Waals surface area contributed by atoms with Crippen LogP contribution < -0.4 is 0 Å². The van der Waals surface area contributed by atoms with Gasteiger partial charge >= 0.3 is 0 Å². The van der Waals surface area contributed by atoms with E-state index >= 15 is 0 Å². The molecule has 1 aliphatic carbocycles.